The molecule has 1 aromatic rings. The van der Waals surface area contributed by atoms with Crippen LogP contribution in [0.5, 0.6) is 0 Å². The van der Waals surface area contributed by atoms with E-state index < -0.39 is 6.04 Å². The molecule has 0 bridgehead atoms. The lowest BCUT2D eigenvalue weighted by molar-refractivity contribution is -0.123. The van der Waals surface area contributed by atoms with E-state index in [4.69, 9.17) is 0 Å². The van der Waals surface area contributed by atoms with E-state index in [0.29, 0.717) is 6.42 Å². The van der Waals surface area contributed by atoms with Crippen LogP contribution in [0, 0.1) is 0 Å². The Kier molecular flexibility index (Phi) is 4.47. The Balaban J connectivity index is 1.89. The first-order valence-corrected chi connectivity index (χ1v) is 6.25. The molecule has 0 unspecified atom stereocenters. The fourth-order valence-corrected chi connectivity index (χ4v) is 2.15. The zero-order chi connectivity index (χ0) is 12.8. The fraction of sp³-hybridized carbons (Fsp3) is 0.429. The number of hydrogen-bond acceptors (Lipinski definition) is 3. The number of carbonyl (C=O) groups is 1. The van der Waals surface area contributed by atoms with Gasteiger partial charge in [0.25, 0.3) is 0 Å². The lowest BCUT2D eigenvalue weighted by atomic mass is 10.1. The van der Waals surface area contributed by atoms with Gasteiger partial charge in [0.15, 0.2) is 0 Å². The monoisotopic (exact) mass is 245 g/mol. The topological polar surface area (TPSA) is 58.2 Å². The van der Waals surface area contributed by atoms with Crippen molar-refractivity contribution in [1.29, 1.82) is 0 Å². The summed E-state index contributed by atoms with van der Waals surface area (Å²) in [4.78, 5) is 22.8. The molecule has 0 saturated carbocycles. The van der Waals surface area contributed by atoms with Crippen LogP contribution in [0.2, 0.25) is 0 Å². The average Bonchev–Trinajstić information content (AvgIpc) is 2.93. The predicted molar refractivity (Wildman–Crippen MR) is 68.8 cm³/mol. The smallest absolute Gasteiger partial charge is 0.237 e. The van der Waals surface area contributed by atoms with Gasteiger partial charge in [-0.25, -0.2) is 0 Å². The minimum atomic E-state index is -0.567. The molecule has 18 heavy (non-hydrogen) atoms. The molecule has 1 heterocycles. The van der Waals surface area contributed by atoms with Crippen LogP contribution in [-0.2, 0) is 16.0 Å². The zero-order valence-electron chi connectivity index (χ0n) is 10.2. The van der Waals surface area contributed by atoms with Gasteiger partial charge in [-0.2, -0.15) is 0 Å². The molecule has 1 amide bonds. The number of hydrogen-bond donors (Lipinski definition) is 2. The Morgan fingerprint density at radius 3 is 2.83 bits per heavy atom. The van der Waals surface area contributed by atoms with Crippen LogP contribution in [0.25, 0.3) is 0 Å². The van der Waals surface area contributed by atoms with Crippen LogP contribution < -0.4 is 10.6 Å². The van der Waals surface area contributed by atoms with E-state index in [0.717, 1.165) is 24.9 Å². The van der Waals surface area contributed by atoms with Crippen molar-refractivity contribution in [2.45, 2.75) is 31.3 Å². The summed E-state index contributed by atoms with van der Waals surface area (Å²) in [6.45, 7) is 0.867. The van der Waals surface area contributed by atoms with Gasteiger partial charge < -0.3 is 10.6 Å². The van der Waals surface area contributed by atoms with Gasteiger partial charge in [-0.05, 0) is 24.9 Å². The summed E-state index contributed by atoms with van der Waals surface area (Å²) in [6, 6.07) is 8.90. The van der Waals surface area contributed by atoms with Crippen LogP contribution in [0.4, 0.5) is 0 Å². The quantitative estimate of drug-likeness (QED) is 0.797. The summed E-state index contributed by atoms with van der Waals surface area (Å²) in [5, 5.41) is 5.84. The first-order chi connectivity index (χ1) is 8.79. The van der Waals surface area contributed by atoms with Crippen molar-refractivity contribution in [1.82, 2.24) is 10.6 Å². The van der Waals surface area contributed by atoms with Crippen molar-refractivity contribution < 1.29 is 9.59 Å². The lowest BCUT2D eigenvalue weighted by Gasteiger charge is -2.15. The molecule has 2 atom stereocenters. The highest BCUT2D eigenvalue weighted by molar-refractivity contribution is 5.84. The van der Waals surface area contributed by atoms with Gasteiger partial charge in [0, 0.05) is 6.42 Å². The summed E-state index contributed by atoms with van der Waals surface area (Å²) in [5.74, 6) is -0.100. The van der Waals surface area contributed by atoms with Gasteiger partial charge in [-0.15, -0.1) is 0 Å². The Morgan fingerprint density at radius 2 is 2.22 bits per heavy atom. The van der Waals surface area contributed by atoms with E-state index in [2.05, 4.69) is 10.6 Å². The molecule has 4 heteroatoms. The average molecular weight is 245 g/mol. The van der Waals surface area contributed by atoms with Crippen LogP contribution in [0.3, 0.4) is 0 Å². The maximum absolute atomic E-state index is 11.9. The molecule has 2 N–H and O–H groups in total. The molecule has 1 radical (unpaired) electrons. The Morgan fingerprint density at radius 1 is 1.44 bits per heavy atom. The zero-order valence-corrected chi connectivity index (χ0v) is 10.2. The van der Waals surface area contributed by atoms with Crippen molar-refractivity contribution in [3.05, 3.63) is 35.9 Å². The highest BCUT2D eigenvalue weighted by atomic mass is 16.2. The second kappa shape index (κ2) is 6.31. The molecule has 4 nitrogen and oxygen atoms in total. The number of carbonyl (C=O) groups excluding carboxylic acids is 2. The summed E-state index contributed by atoms with van der Waals surface area (Å²) >= 11 is 0. The molecule has 2 rings (SSSR count). The Hall–Kier alpha value is -1.68. The number of benzene rings is 1. The molecule has 1 saturated heterocycles. The molecule has 0 spiro atoms. The first-order valence-electron chi connectivity index (χ1n) is 6.25. The largest absolute Gasteiger partial charge is 0.344 e. The SMILES string of the molecule is O=[C][C@H](Cc1ccccc1)NC(=O)[C@@H]1CCCN1. The molecular weight excluding hydrogens is 228 g/mol. The van der Waals surface area contributed by atoms with Crippen molar-refractivity contribution in [3.8, 4) is 0 Å². The van der Waals surface area contributed by atoms with Crippen LogP contribution in [-0.4, -0.2) is 30.8 Å². The van der Waals surface area contributed by atoms with Crippen molar-refractivity contribution in [3.63, 3.8) is 0 Å². The highest BCUT2D eigenvalue weighted by Gasteiger charge is 2.24. The van der Waals surface area contributed by atoms with E-state index >= 15 is 0 Å². The number of nitrogens with one attached hydrogen (secondary N) is 2. The van der Waals surface area contributed by atoms with Gasteiger partial charge in [0.1, 0.15) is 0 Å². The van der Waals surface area contributed by atoms with Crippen LogP contribution >= 0.6 is 0 Å². The number of rotatable bonds is 5. The third kappa shape index (κ3) is 3.40. The molecule has 1 aromatic carbocycles. The second-order valence-electron chi connectivity index (χ2n) is 4.52. The molecule has 1 fully saturated rings. The molecule has 1 aliphatic rings. The Labute approximate surface area is 107 Å². The standard InChI is InChI=1S/C14H17N2O2/c17-10-12(9-11-5-2-1-3-6-11)16-14(18)13-7-4-8-15-13/h1-3,5-6,12-13,15H,4,7-9H2,(H,16,18)/t12-,13-/m0/s1. The maximum atomic E-state index is 11.9. The van der Waals surface area contributed by atoms with Crippen molar-refractivity contribution in [2.75, 3.05) is 6.54 Å². The number of amides is 1. The van der Waals surface area contributed by atoms with Crippen LogP contribution in [0.1, 0.15) is 18.4 Å². The summed E-state index contributed by atoms with van der Waals surface area (Å²) < 4.78 is 0. The molecule has 95 valence electrons. The van der Waals surface area contributed by atoms with E-state index in [-0.39, 0.29) is 11.9 Å². The first kappa shape index (κ1) is 12.8. The lowest BCUT2D eigenvalue weighted by Crippen LogP contribution is -2.46. The Bertz CT molecular complexity index is 400. The summed E-state index contributed by atoms with van der Waals surface area (Å²) in [7, 11) is 0. The van der Waals surface area contributed by atoms with Crippen molar-refractivity contribution in [2.24, 2.45) is 0 Å². The predicted octanol–water partition coefficient (Wildman–Crippen LogP) is 0.576. The van der Waals surface area contributed by atoms with Gasteiger partial charge in [0.05, 0.1) is 12.1 Å². The minimum absolute atomic E-state index is 0.100. The third-order valence-corrected chi connectivity index (χ3v) is 3.12. The van der Waals surface area contributed by atoms with E-state index in [1.165, 1.54) is 0 Å². The van der Waals surface area contributed by atoms with Gasteiger partial charge >= 0.3 is 0 Å². The van der Waals surface area contributed by atoms with E-state index in [1.54, 1.807) is 0 Å². The molecule has 0 aromatic heterocycles. The normalized spacial score (nSPS) is 20.3. The van der Waals surface area contributed by atoms with Gasteiger partial charge in [-0.3, -0.25) is 9.59 Å². The molecule has 1 aliphatic heterocycles. The van der Waals surface area contributed by atoms with E-state index in [9.17, 15) is 9.59 Å². The maximum Gasteiger partial charge on any atom is 0.237 e. The van der Waals surface area contributed by atoms with Gasteiger partial charge in [-0.1, -0.05) is 30.3 Å². The highest BCUT2D eigenvalue weighted by Crippen LogP contribution is 2.06. The van der Waals surface area contributed by atoms with Crippen LogP contribution in [0.15, 0.2) is 30.3 Å². The van der Waals surface area contributed by atoms with Crippen molar-refractivity contribution >= 4 is 12.2 Å². The minimum Gasteiger partial charge on any atom is -0.344 e. The summed E-state index contributed by atoms with van der Waals surface area (Å²) in [5.41, 5.74) is 1.02. The van der Waals surface area contributed by atoms with Gasteiger partial charge in [0.2, 0.25) is 12.2 Å². The van der Waals surface area contributed by atoms with E-state index in [1.807, 2.05) is 36.6 Å². The fourth-order valence-electron chi connectivity index (χ4n) is 2.15. The second-order valence-corrected chi connectivity index (χ2v) is 4.52. The molecule has 0 aliphatic carbocycles. The molecular formula is C14H17N2O2. The summed E-state index contributed by atoms with van der Waals surface area (Å²) in [6.07, 6.45) is 4.23. The third-order valence-electron chi connectivity index (χ3n) is 3.12.